The molecular weight excluding hydrogens is 548 g/mol. The van der Waals surface area contributed by atoms with E-state index < -0.39 is 58.0 Å². The molecule has 1 amide bonds. The minimum absolute atomic E-state index is 0.0162. The molecule has 3 aliphatic rings. The molecule has 42 heavy (non-hydrogen) atoms. The number of aromatic hydroxyl groups is 1. The summed E-state index contributed by atoms with van der Waals surface area (Å²) in [5.74, 6) is -5.93. The number of hydrogen-bond donors (Lipinski definition) is 5. The third-order valence-electron chi connectivity index (χ3n) is 8.58. The Bertz CT molecular complexity index is 1580. The van der Waals surface area contributed by atoms with Gasteiger partial charge in [-0.25, -0.2) is 0 Å². The van der Waals surface area contributed by atoms with Crippen LogP contribution < -0.4 is 19.9 Å². The molecule has 222 valence electrons. The maximum atomic E-state index is 14.0. The zero-order valence-corrected chi connectivity index (χ0v) is 23.7. The van der Waals surface area contributed by atoms with Gasteiger partial charge >= 0.3 is 0 Å². The molecule has 0 saturated heterocycles. The first-order valence-corrected chi connectivity index (χ1v) is 13.1. The molecule has 0 radical (unpaired) electrons. The maximum Gasteiger partial charge on any atom is 0.255 e. The quantitative estimate of drug-likeness (QED) is 0.313. The van der Waals surface area contributed by atoms with E-state index in [1.54, 1.807) is 32.3 Å². The lowest BCUT2D eigenvalue weighted by Gasteiger charge is -2.50. The zero-order valence-electron chi connectivity index (χ0n) is 23.7. The number of nitrogens with zero attached hydrogens (tertiary/aromatic N) is 1. The Morgan fingerprint density at radius 3 is 2.17 bits per heavy atom. The average Bonchev–Trinajstić information content (AvgIpc) is 2.93. The van der Waals surface area contributed by atoms with Crippen molar-refractivity contribution < 1.29 is 49.0 Å². The van der Waals surface area contributed by atoms with E-state index in [0.717, 1.165) is 0 Å². The second-order valence-corrected chi connectivity index (χ2v) is 10.9. The highest BCUT2D eigenvalue weighted by atomic mass is 16.5. The first kappa shape index (κ1) is 29.0. The summed E-state index contributed by atoms with van der Waals surface area (Å²) in [7, 11) is 7.53. The van der Waals surface area contributed by atoms with Crippen molar-refractivity contribution in [2.24, 2.45) is 17.6 Å². The van der Waals surface area contributed by atoms with E-state index in [2.05, 4.69) is 0 Å². The zero-order chi connectivity index (χ0) is 30.8. The number of carbonyl (C=O) groups is 3. The van der Waals surface area contributed by atoms with E-state index in [4.69, 9.17) is 19.9 Å². The second-order valence-electron chi connectivity index (χ2n) is 10.9. The van der Waals surface area contributed by atoms with Crippen LogP contribution in [-0.2, 0) is 20.8 Å². The van der Waals surface area contributed by atoms with E-state index in [0.29, 0.717) is 33.9 Å². The summed E-state index contributed by atoms with van der Waals surface area (Å²) in [5.41, 5.74) is 3.30. The van der Waals surface area contributed by atoms with E-state index in [1.807, 2.05) is 0 Å². The SMILES string of the molecule is COc1cc(-c2ccc(O)c3c2C[C@@H]2C[C@@H]4[C@@H](N(C)C)C(=O)C(C(N)=O)=C(O)[C@@]4(O)C(=O)C2=C3O)cc(OC)c1OC. The molecule has 0 aromatic heterocycles. The van der Waals surface area contributed by atoms with Gasteiger partial charge in [-0.3, -0.25) is 19.3 Å². The number of likely N-dealkylation sites (N-methyl/N-ethyl adjacent to an activating group) is 1. The van der Waals surface area contributed by atoms with Crippen LogP contribution in [0, 0.1) is 11.8 Å². The molecule has 6 N–H and O–H groups in total. The molecular formula is C30H32N2O10. The van der Waals surface area contributed by atoms with Crippen molar-refractivity contribution in [1.29, 1.82) is 0 Å². The number of ether oxygens (including phenoxy) is 3. The number of aliphatic hydroxyl groups is 3. The number of carbonyl (C=O) groups excluding carboxylic acids is 3. The Labute approximate surface area is 241 Å². The number of hydrogen-bond acceptors (Lipinski definition) is 11. The number of primary amides is 1. The summed E-state index contributed by atoms with van der Waals surface area (Å²) in [4.78, 5) is 40.9. The molecule has 1 fully saturated rings. The molecule has 0 unspecified atom stereocenters. The number of fused-ring (bicyclic) bond motifs is 3. The molecule has 1 saturated carbocycles. The lowest BCUT2D eigenvalue weighted by molar-refractivity contribution is -0.153. The van der Waals surface area contributed by atoms with Crippen LogP contribution in [0.15, 0.2) is 41.2 Å². The first-order chi connectivity index (χ1) is 19.8. The van der Waals surface area contributed by atoms with Crippen molar-refractivity contribution in [3.63, 3.8) is 0 Å². The Kier molecular flexibility index (Phi) is 6.94. The summed E-state index contributed by atoms with van der Waals surface area (Å²) in [6, 6.07) is 5.29. The third-order valence-corrected chi connectivity index (χ3v) is 8.58. The van der Waals surface area contributed by atoms with Crippen molar-refractivity contribution in [1.82, 2.24) is 4.90 Å². The predicted molar refractivity (Wildman–Crippen MR) is 149 cm³/mol. The number of aliphatic hydroxyl groups excluding tert-OH is 2. The van der Waals surface area contributed by atoms with Crippen LogP contribution >= 0.6 is 0 Å². The van der Waals surface area contributed by atoms with Gasteiger partial charge in [0.05, 0.1) is 32.9 Å². The molecule has 0 spiro atoms. The van der Waals surface area contributed by atoms with Gasteiger partial charge in [0, 0.05) is 11.5 Å². The van der Waals surface area contributed by atoms with Crippen LogP contribution in [-0.4, -0.2) is 89.9 Å². The van der Waals surface area contributed by atoms with Gasteiger partial charge in [-0.15, -0.1) is 0 Å². The van der Waals surface area contributed by atoms with Crippen molar-refractivity contribution in [3.8, 4) is 34.1 Å². The van der Waals surface area contributed by atoms with Gasteiger partial charge < -0.3 is 40.4 Å². The summed E-state index contributed by atoms with van der Waals surface area (Å²) in [6.07, 6.45) is 0.116. The molecule has 2 aromatic carbocycles. The highest BCUT2D eigenvalue weighted by molar-refractivity contribution is 6.24. The fraction of sp³-hybridized carbons (Fsp3) is 0.367. The minimum atomic E-state index is -2.70. The summed E-state index contributed by atoms with van der Waals surface area (Å²) >= 11 is 0. The summed E-state index contributed by atoms with van der Waals surface area (Å²) in [5, 5.41) is 45.1. The smallest absolute Gasteiger partial charge is 0.255 e. The van der Waals surface area contributed by atoms with E-state index in [-0.39, 0.29) is 29.7 Å². The third kappa shape index (κ3) is 3.86. The van der Waals surface area contributed by atoms with Gasteiger partial charge in [-0.05, 0) is 67.7 Å². The number of phenolic OH excluding ortho intramolecular Hbond substituents is 1. The average molecular weight is 581 g/mol. The van der Waals surface area contributed by atoms with E-state index in [1.165, 1.54) is 32.3 Å². The molecule has 0 bridgehead atoms. The van der Waals surface area contributed by atoms with E-state index >= 15 is 0 Å². The Morgan fingerprint density at radius 1 is 1.02 bits per heavy atom. The van der Waals surface area contributed by atoms with Crippen LogP contribution in [0.25, 0.3) is 16.9 Å². The lowest BCUT2D eigenvalue weighted by Crippen LogP contribution is -2.65. The van der Waals surface area contributed by atoms with Crippen molar-refractivity contribution >= 4 is 23.2 Å². The fourth-order valence-electron chi connectivity index (χ4n) is 6.75. The van der Waals surface area contributed by atoms with E-state index in [9.17, 15) is 34.8 Å². The Morgan fingerprint density at radius 2 is 1.64 bits per heavy atom. The molecule has 2 aromatic rings. The Hall–Kier alpha value is -4.55. The van der Waals surface area contributed by atoms with Crippen LogP contribution in [0.2, 0.25) is 0 Å². The van der Waals surface area contributed by atoms with Gasteiger partial charge in [-0.1, -0.05) is 6.07 Å². The monoisotopic (exact) mass is 580 g/mol. The number of ketones is 2. The van der Waals surface area contributed by atoms with Crippen LogP contribution in [0.4, 0.5) is 0 Å². The molecule has 0 aliphatic heterocycles. The molecule has 3 aliphatic carbocycles. The normalized spacial score (nSPS) is 25.2. The molecule has 4 atom stereocenters. The number of amides is 1. The topological polar surface area (TPSA) is 189 Å². The number of nitrogens with two attached hydrogens (primary N) is 1. The number of methoxy groups -OCH3 is 3. The second kappa shape index (κ2) is 10.1. The number of rotatable bonds is 6. The van der Waals surface area contributed by atoms with Crippen molar-refractivity contribution in [2.45, 2.75) is 24.5 Å². The van der Waals surface area contributed by atoms with Crippen LogP contribution in [0.1, 0.15) is 17.5 Å². The summed E-state index contributed by atoms with van der Waals surface area (Å²) in [6.45, 7) is 0. The van der Waals surface area contributed by atoms with Gasteiger partial charge in [0.25, 0.3) is 5.91 Å². The Balaban J connectivity index is 1.74. The van der Waals surface area contributed by atoms with Gasteiger partial charge in [0.2, 0.25) is 11.5 Å². The van der Waals surface area contributed by atoms with Crippen molar-refractivity contribution in [2.75, 3.05) is 35.4 Å². The fourth-order valence-corrected chi connectivity index (χ4v) is 6.75. The van der Waals surface area contributed by atoms with Crippen molar-refractivity contribution in [3.05, 3.63) is 52.3 Å². The molecule has 12 heteroatoms. The van der Waals surface area contributed by atoms with Crippen LogP contribution in [0.3, 0.4) is 0 Å². The number of benzene rings is 2. The highest BCUT2D eigenvalue weighted by Gasteiger charge is 2.64. The van der Waals surface area contributed by atoms with Gasteiger partial charge in [0.1, 0.15) is 22.8 Å². The molecule has 5 rings (SSSR count). The predicted octanol–water partition coefficient (Wildman–Crippen LogP) is 1.66. The van der Waals surface area contributed by atoms with Gasteiger partial charge in [0.15, 0.2) is 22.9 Å². The van der Waals surface area contributed by atoms with Crippen LogP contribution in [0.5, 0.6) is 23.0 Å². The first-order valence-electron chi connectivity index (χ1n) is 13.1. The maximum absolute atomic E-state index is 14.0. The lowest BCUT2D eigenvalue weighted by atomic mass is 9.57. The standard InChI is InChI=1S/C30H32N2O10/c1-32(2)23-16-9-13-8-15-14(12-10-18(40-3)26(42-5)19(11-12)41-4)6-7-17(33)21(15)24(34)20(13)27(36)30(16,39)28(37)22(25(23)35)29(31)38/h6-7,10-11,13,16,23,33-34,37,39H,8-9H2,1-5H3,(H2,31,38)/t13-,16-,23-,30+/m1/s1. The number of Topliss-reactive ketones (excluding diaryl/α,β-unsaturated/α-hetero) is 2. The highest BCUT2D eigenvalue weighted by Crippen LogP contribution is 2.54. The summed E-state index contributed by atoms with van der Waals surface area (Å²) < 4.78 is 16.4. The minimum Gasteiger partial charge on any atom is -0.508 e. The van der Waals surface area contributed by atoms with Gasteiger partial charge in [-0.2, -0.15) is 0 Å². The largest absolute Gasteiger partial charge is 0.508 e. The number of phenols is 1. The molecule has 0 heterocycles. The molecule has 12 nitrogen and oxygen atoms in total.